The summed E-state index contributed by atoms with van der Waals surface area (Å²) in [7, 11) is 0. The summed E-state index contributed by atoms with van der Waals surface area (Å²) in [5.74, 6) is -4.28. The van der Waals surface area contributed by atoms with Crippen molar-refractivity contribution in [3.8, 4) is 11.1 Å². The van der Waals surface area contributed by atoms with E-state index in [0.717, 1.165) is 22.3 Å². The van der Waals surface area contributed by atoms with Crippen LogP contribution in [0, 0.1) is 11.6 Å². The molecule has 0 saturated carbocycles. The Morgan fingerprint density at radius 2 is 1.48 bits per heavy atom. The Morgan fingerprint density at radius 3 is 2.07 bits per heavy atom. The van der Waals surface area contributed by atoms with Crippen molar-refractivity contribution in [3.05, 3.63) is 89.0 Å². The minimum absolute atomic E-state index is 0.00589. The van der Waals surface area contributed by atoms with Crippen LogP contribution in [-0.2, 0) is 4.74 Å². The van der Waals surface area contributed by atoms with E-state index >= 15 is 0 Å². The molecule has 0 saturated heterocycles. The van der Waals surface area contributed by atoms with Crippen LogP contribution in [0.5, 0.6) is 0 Å². The molecule has 0 radical (unpaired) electrons. The molecule has 29 heavy (non-hydrogen) atoms. The summed E-state index contributed by atoms with van der Waals surface area (Å²) >= 11 is 0. The van der Waals surface area contributed by atoms with E-state index in [1.54, 1.807) is 0 Å². The van der Waals surface area contributed by atoms with E-state index in [-0.39, 0.29) is 18.2 Å². The van der Waals surface area contributed by atoms with Gasteiger partial charge in [-0.1, -0.05) is 48.5 Å². The average molecular weight is 395 g/mol. The monoisotopic (exact) mass is 395 g/mol. The molecule has 0 heterocycles. The van der Waals surface area contributed by atoms with E-state index in [0.29, 0.717) is 12.1 Å². The Labute approximate surface area is 164 Å². The lowest BCUT2D eigenvalue weighted by Crippen LogP contribution is -2.19. The van der Waals surface area contributed by atoms with Crippen molar-refractivity contribution in [2.24, 2.45) is 0 Å². The first-order chi connectivity index (χ1) is 14.0. The molecule has 5 nitrogen and oxygen atoms in total. The molecule has 0 bridgehead atoms. The van der Waals surface area contributed by atoms with Gasteiger partial charge < -0.3 is 9.84 Å². The van der Waals surface area contributed by atoms with Crippen molar-refractivity contribution in [2.75, 3.05) is 11.9 Å². The number of ether oxygens (including phenoxy) is 1. The molecule has 0 unspecified atom stereocenters. The zero-order valence-electron chi connectivity index (χ0n) is 15.0. The van der Waals surface area contributed by atoms with Crippen LogP contribution in [0.2, 0.25) is 0 Å². The van der Waals surface area contributed by atoms with E-state index in [1.165, 1.54) is 0 Å². The number of carbonyl (C=O) groups is 2. The molecule has 0 fully saturated rings. The highest BCUT2D eigenvalue weighted by Crippen LogP contribution is 2.44. The molecular formula is C22H15F2NO4. The second kappa shape index (κ2) is 7.35. The van der Waals surface area contributed by atoms with Crippen LogP contribution >= 0.6 is 0 Å². The number of hydrogen-bond donors (Lipinski definition) is 2. The lowest BCUT2D eigenvalue weighted by Gasteiger charge is -2.15. The van der Waals surface area contributed by atoms with Gasteiger partial charge in [0.05, 0.1) is 11.3 Å². The third kappa shape index (κ3) is 3.42. The Hall–Kier alpha value is -3.74. The number of carboxylic acid groups (broad SMARTS) is 1. The zero-order chi connectivity index (χ0) is 20.5. The molecule has 7 heteroatoms. The van der Waals surface area contributed by atoms with E-state index in [1.807, 2.05) is 48.5 Å². The van der Waals surface area contributed by atoms with E-state index in [2.05, 4.69) is 5.32 Å². The number of carboxylic acids is 1. The van der Waals surface area contributed by atoms with Crippen molar-refractivity contribution < 1.29 is 28.2 Å². The predicted molar refractivity (Wildman–Crippen MR) is 102 cm³/mol. The number of hydrogen-bond acceptors (Lipinski definition) is 3. The number of carbonyl (C=O) groups excluding carboxylic acids is 1. The molecule has 0 spiro atoms. The first kappa shape index (κ1) is 18.6. The molecule has 1 aliphatic rings. The summed E-state index contributed by atoms with van der Waals surface area (Å²) in [4.78, 5) is 23.4. The Bertz CT molecular complexity index is 1080. The van der Waals surface area contributed by atoms with Crippen LogP contribution < -0.4 is 5.32 Å². The van der Waals surface area contributed by atoms with Crippen LogP contribution in [0.4, 0.5) is 19.3 Å². The Balaban J connectivity index is 1.53. The quantitative estimate of drug-likeness (QED) is 0.650. The molecule has 146 valence electrons. The third-order valence-corrected chi connectivity index (χ3v) is 4.87. The summed E-state index contributed by atoms with van der Waals surface area (Å²) in [5.41, 5.74) is 3.20. The fourth-order valence-electron chi connectivity index (χ4n) is 3.57. The highest BCUT2D eigenvalue weighted by atomic mass is 19.2. The maximum Gasteiger partial charge on any atom is 0.411 e. The first-order valence-corrected chi connectivity index (χ1v) is 8.80. The second-order valence-electron chi connectivity index (χ2n) is 6.57. The van der Waals surface area contributed by atoms with Gasteiger partial charge in [-0.2, -0.15) is 0 Å². The number of nitrogens with one attached hydrogen (secondary N) is 1. The maximum absolute atomic E-state index is 13.5. The molecule has 0 aromatic heterocycles. The van der Waals surface area contributed by atoms with E-state index in [9.17, 15) is 18.4 Å². The molecule has 3 aromatic carbocycles. The molecular weight excluding hydrogens is 380 g/mol. The minimum atomic E-state index is -1.50. The molecule has 1 aliphatic carbocycles. The number of benzene rings is 3. The van der Waals surface area contributed by atoms with Crippen LogP contribution in [0.15, 0.2) is 60.7 Å². The van der Waals surface area contributed by atoms with E-state index in [4.69, 9.17) is 9.84 Å². The van der Waals surface area contributed by atoms with Crippen molar-refractivity contribution in [3.63, 3.8) is 0 Å². The number of rotatable bonds is 4. The van der Waals surface area contributed by atoms with Crippen molar-refractivity contribution in [1.29, 1.82) is 0 Å². The van der Waals surface area contributed by atoms with Gasteiger partial charge in [0.2, 0.25) is 0 Å². The molecule has 0 aliphatic heterocycles. The Morgan fingerprint density at radius 1 is 0.931 bits per heavy atom. The first-order valence-electron chi connectivity index (χ1n) is 8.80. The van der Waals surface area contributed by atoms with E-state index < -0.39 is 29.3 Å². The average Bonchev–Trinajstić information content (AvgIpc) is 3.03. The van der Waals surface area contributed by atoms with Crippen molar-refractivity contribution >= 4 is 17.7 Å². The molecule has 2 N–H and O–H groups in total. The largest absolute Gasteiger partial charge is 0.478 e. The zero-order valence-corrected chi connectivity index (χ0v) is 15.0. The van der Waals surface area contributed by atoms with Gasteiger partial charge in [-0.15, -0.1) is 0 Å². The number of halogens is 2. The second-order valence-corrected chi connectivity index (χ2v) is 6.57. The molecule has 3 aromatic rings. The summed E-state index contributed by atoms with van der Waals surface area (Å²) in [5, 5.41) is 11.3. The predicted octanol–water partition coefficient (Wildman–Crippen LogP) is 5.02. The standard InChI is InChI=1S/C22H15F2NO4/c23-18-9-16(21(26)27)20(10-19(18)24)25-22(28)29-11-17-14-7-3-1-5-12(14)13-6-2-4-8-15(13)17/h1-10,17H,11H2,(H,25,28)(H,26,27). The van der Waals surface area contributed by atoms with Crippen molar-refractivity contribution in [1.82, 2.24) is 0 Å². The number of anilines is 1. The highest BCUT2D eigenvalue weighted by Gasteiger charge is 2.29. The van der Waals surface area contributed by atoms with Crippen LogP contribution in [0.3, 0.4) is 0 Å². The summed E-state index contributed by atoms with van der Waals surface area (Å²) in [6.45, 7) is 0.00589. The van der Waals surface area contributed by atoms with Gasteiger partial charge in [0, 0.05) is 12.0 Å². The van der Waals surface area contributed by atoms with Crippen LogP contribution in [0.25, 0.3) is 11.1 Å². The van der Waals surface area contributed by atoms with Gasteiger partial charge in [-0.3, -0.25) is 5.32 Å². The van der Waals surface area contributed by atoms with Gasteiger partial charge in [-0.25, -0.2) is 18.4 Å². The minimum Gasteiger partial charge on any atom is -0.478 e. The van der Waals surface area contributed by atoms with Crippen LogP contribution in [-0.4, -0.2) is 23.8 Å². The van der Waals surface area contributed by atoms with Crippen LogP contribution in [0.1, 0.15) is 27.4 Å². The SMILES string of the molecule is O=C(Nc1cc(F)c(F)cc1C(=O)O)OCC1c2ccccc2-c2ccccc21. The molecule has 0 atom stereocenters. The van der Waals surface area contributed by atoms with Gasteiger partial charge in [0.25, 0.3) is 0 Å². The van der Waals surface area contributed by atoms with Gasteiger partial charge in [-0.05, 0) is 28.3 Å². The van der Waals surface area contributed by atoms with Crippen molar-refractivity contribution in [2.45, 2.75) is 5.92 Å². The number of aromatic carboxylic acids is 1. The topological polar surface area (TPSA) is 75.6 Å². The third-order valence-electron chi connectivity index (χ3n) is 4.87. The summed E-state index contributed by atoms with van der Waals surface area (Å²) < 4.78 is 32.1. The fourth-order valence-corrected chi connectivity index (χ4v) is 3.57. The number of amides is 1. The maximum atomic E-state index is 13.5. The number of fused-ring (bicyclic) bond motifs is 3. The fraction of sp³-hybridized carbons (Fsp3) is 0.0909. The normalized spacial score (nSPS) is 12.2. The lowest BCUT2D eigenvalue weighted by molar-refractivity contribution is 0.0697. The van der Waals surface area contributed by atoms with Gasteiger partial charge in [0.1, 0.15) is 6.61 Å². The summed E-state index contributed by atoms with van der Waals surface area (Å²) in [6, 6.07) is 16.7. The van der Waals surface area contributed by atoms with Gasteiger partial charge in [0.15, 0.2) is 11.6 Å². The highest BCUT2D eigenvalue weighted by molar-refractivity contribution is 5.98. The molecule has 1 amide bonds. The smallest absolute Gasteiger partial charge is 0.411 e. The Kier molecular flexibility index (Phi) is 4.72. The van der Waals surface area contributed by atoms with Gasteiger partial charge >= 0.3 is 12.1 Å². The summed E-state index contributed by atoms with van der Waals surface area (Å²) in [6.07, 6.45) is -0.958. The lowest BCUT2D eigenvalue weighted by atomic mass is 9.98. The molecule has 4 rings (SSSR count).